The number of para-hydroxylation sites is 1. The summed E-state index contributed by atoms with van der Waals surface area (Å²) in [5.74, 6) is -0.431. The van der Waals surface area contributed by atoms with Crippen molar-refractivity contribution in [2.75, 3.05) is 0 Å². The van der Waals surface area contributed by atoms with E-state index in [9.17, 15) is 4.79 Å². The van der Waals surface area contributed by atoms with E-state index in [0.717, 1.165) is 0 Å². The standard InChI is InChI=1S/C9H5BrO4/c10-7-4-13-8-5(9(11)12)2-1-3-6(8)14-7/h1-4H,(H,11,12). The van der Waals surface area contributed by atoms with Gasteiger partial charge in [-0.2, -0.15) is 0 Å². The van der Waals surface area contributed by atoms with E-state index in [4.69, 9.17) is 14.6 Å². The Bertz CT molecular complexity index is 425. The van der Waals surface area contributed by atoms with Gasteiger partial charge in [-0.15, -0.1) is 0 Å². The van der Waals surface area contributed by atoms with E-state index in [1.165, 1.54) is 12.3 Å². The number of halogens is 1. The van der Waals surface area contributed by atoms with Crippen molar-refractivity contribution in [2.24, 2.45) is 0 Å². The van der Waals surface area contributed by atoms with Crippen molar-refractivity contribution in [1.82, 2.24) is 0 Å². The second kappa shape index (κ2) is 3.34. The Hall–Kier alpha value is -1.49. The van der Waals surface area contributed by atoms with Gasteiger partial charge in [0, 0.05) is 0 Å². The van der Waals surface area contributed by atoms with Gasteiger partial charge in [0.1, 0.15) is 11.8 Å². The number of benzene rings is 1. The number of rotatable bonds is 1. The first-order chi connectivity index (χ1) is 6.68. The van der Waals surface area contributed by atoms with Gasteiger partial charge in [-0.25, -0.2) is 4.79 Å². The third-order valence-electron chi connectivity index (χ3n) is 1.69. The van der Waals surface area contributed by atoms with Gasteiger partial charge in [-0.05, 0) is 28.1 Å². The van der Waals surface area contributed by atoms with Crippen LogP contribution in [0.1, 0.15) is 10.4 Å². The molecule has 0 fully saturated rings. The van der Waals surface area contributed by atoms with Gasteiger partial charge in [0.2, 0.25) is 4.67 Å². The number of carboxylic acid groups (broad SMARTS) is 1. The Morgan fingerprint density at radius 2 is 2.21 bits per heavy atom. The van der Waals surface area contributed by atoms with Crippen molar-refractivity contribution in [2.45, 2.75) is 0 Å². The van der Waals surface area contributed by atoms with Crippen molar-refractivity contribution in [3.63, 3.8) is 0 Å². The summed E-state index contributed by atoms with van der Waals surface area (Å²) < 4.78 is 10.7. The molecule has 0 spiro atoms. The first kappa shape index (κ1) is 9.08. The van der Waals surface area contributed by atoms with E-state index in [0.29, 0.717) is 10.4 Å². The second-order valence-electron chi connectivity index (χ2n) is 2.58. The molecule has 1 aliphatic heterocycles. The topological polar surface area (TPSA) is 55.8 Å². The highest BCUT2D eigenvalue weighted by Gasteiger charge is 2.19. The molecule has 1 aromatic carbocycles. The zero-order chi connectivity index (χ0) is 10.1. The number of hydrogen-bond acceptors (Lipinski definition) is 3. The number of ether oxygens (including phenoxy) is 2. The van der Waals surface area contributed by atoms with Gasteiger partial charge < -0.3 is 14.6 Å². The first-order valence-corrected chi connectivity index (χ1v) is 4.54. The van der Waals surface area contributed by atoms with Gasteiger partial charge in [0.25, 0.3) is 0 Å². The van der Waals surface area contributed by atoms with Gasteiger partial charge in [-0.3, -0.25) is 0 Å². The van der Waals surface area contributed by atoms with Crippen molar-refractivity contribution in [3.05, 3.63) is 34.7 Å². The monoisotopic (exact) mass is 256 g/mol. The fraction of sp³-hybridized carbons (Fsp3) is 0. The lowest BCUT2D eigenvalue weighted by atomic mass is 10.2. The third-order valence-corrected chi connectivity index (χ3v) is 2.03. The Morgan fingerprint density at radius 1 is 1.43 bits per heavy atom. The number of carboxylic acids is 1. The maximum Gasteiger partial charge on any atom is 0.339 e. The van der Waals surface area contributed by atoms with Crippen molar-refractivity contribution in [3.8, 4) is 11.5 Å². The molecule has 0 unspecified atom stereocenters. The van der Waals surface area contributed by atoms with E-state index in [1.807, 2.05) is 0 Å². The zero-order valence-electron chi connectivity index (χ0n) is 6.86. The van der Waals surface area contributed by atoms with Crippen LogP contribution in [-0.4, -0.2) is 11.1 Å². The molecule has 1 heterocycles. The molecule has 4 nitrogen and oxygen atoms in total. The summed E-state index contributed by atoms with van der Waals surface area (Å²) in [5.41, 5.74) is 0.0822. The number of fused-ring (bicyclic) bond motifs is 1. The van der Waals surface area contributed by atoms with Crippen LogP contribution >= 0.6 is 15.9 Å². The Balaban J connectivity index is 2.51. The Kier molecular flexibility index (Phi) is 2.17. The van der Waals surface area contributed by atoms with Crippen LogP contribution in [0.4, 0.5) is 0 Å². The molecule has 0 amide bonds. The van der Waals surface area contributed by atoms with Crippen LogP contribution < -0.4 is 9.47 Å². The van der Waals surface area contributed by atoms with E-state index in [1.54, 1.807) is 12.1 Å². The van der Waals surface area contributed by atoms with E-state index in [-0.39, 0.29) is 11.3 Å². The number of carbonyl (C=O) groups is 1. The quantitative estimate of drug-likeness (QED) is 0.838. The van der Waals surface area contributed by atoms with Crippen molar-refractivity contribution < 1.29 is 19.4 Å². The molecule has 0 atom stereocenters. The molecule has 1 aromatic rings. The number of aromatic carboxylic acids is 1. The molecule has 0 radical (unpaired) electrons. The summed E-state index contributed by atoms with van der Waals surface area (Å²) in [5, 5.41) is 8.84. The lowest BCUT2D eigenvalue weighted by molar-refractivity contribution is 0.0693. The minimum absolute atomic E-state index is 0.0822. The van der Waals surface area contributed by atoms with Gasteiger partial charge in [0.05, 0.1) is 0 Å². The Morgan fingerprint density at radius 3 is 2.93 bits per heavy atom. The predicted molar refractivity (Wildman–Crippen MR) is 51.7 cm³/mol. The van der Waals surface area contributed by atoms with Gasteiger partial charge in [-0.1, -0.05) is 6.07 Å². The molecule has 2 rings (SSSR count). The lowest BCUT2D eigenvalue weighted by Gasteiger charge is -2.16. The van der Waals surface area contributed by atoms with Gasteiger partial charge in [0.15, 0.2) is 11.5 Å². The summed E-state index contributed by atoms with van der Waals surface area (Å²) in [4.78, 5) is 10.8. The van der Waals surface area contributed by atoms with Crippen LogP contribution in [0.3, 0.4) is 0 Å². The molecule has 1 aliphatic rings. The summed E-state index contributed by atoms with van der Waals surface area (Å²) in [6.45, 7) is 0. The molecule has 0 saturated carbocycles. The minimum atomic E-state index is -1.04. The van der Waals surface area contributed by atoms with Crippen molar-refractivity contribution >= 4 is 21.9 Å². The van der Waals surface area contributed by atoms with E-state index >= 15 is 0 Å². The minimum Gasteiger partial charge on any atom is -0.478 e. The molecule has 72 valence electrons. The maximum absolute atomic E-state index is 10.8. The molecule has 14 heavy (non-hydrogen) atoms. The normalized spacial score (nSPS) is 13.4. The molecule has 0 aliphatic carbocycles. The summed E-state index contributed by atoms with van der Waals surface area (Å²) in [6.07, 6.45) is 1.30. The molecule has 1 N–H and O–H groups in total. The lowest BCUT2D eigenvalue weighted by Crippen LogP contribution is -2.06. The summed E-state index contributed by atoms with van der Waals surface area (Å²) >= 11 is 3.09. The van der Waals surface area contributed by atoms with Crippen LogP contribution in [0.25, 0.3) is 0 Å². The molecule has 5 heteroatoms. The SMILES string of the molecule is O=C(O)c1cccc2c1OC=C(Br)O2. The average molecular weight is 257 g/mol. The molecular weight excluding hydrogens is 252 g/mol. The van der Waals surface area contributed by atoms with Crippen LogP contribution in [0.15, 0.2) is 29.1 Å². The first-order valence-electron chi connectivity index (χ1n) is 3.75. The molecule has 0 bridgehead atoms. The predicted octanol–water partition coefficient (Wildman–Crippen LogP) is 2.35. The molecular formula is C9H5BrO4. The fourth-order valence-electron chi connectivity index (χ4n) is 1.12. The second-order valence-corrected chi connectivity index (χ2v) is 3.36. The van der Waals surface area contributed by atoms with Crippen LogP contribution in [-0.2, 0) is 0 Å². The third kappa shape index (κ3) is 1.46. The smallest absolute Gasteiger partial charge is 0.339 e. The fourth-order valence-corrected chi connectivity index (χ4v) is 1.39. The maximum atomic E-state index is 10.8. The summed E-state index contributed by atoms with van der Waals surface area (Å²) in [6, 6.07) is 4.69. The van der Waals surface area contributed by atoms with Crippen LogP contribution in [0.5, 0.6) is 11.5 Å². The average Bonchev–Trinajstić information content (AvgIpc) is 2.16. The highest BCUT2D eigenvalue weighted by molar-refractivity contribution is 9.11. The molecule has 0 saturated heterocycles. The van der Waals surface area contributed by atoms with Crippen molar-refractivity contribution in [1.29, 1.82) is 0 Å². The van der Waals surface area contributed by atoms with Crippen LogP contribution in [0.2, 0.25) is 0 Å². The van der Waals surface area contributed by atoms with E-state index < -0.39 is 5.97 Å². The zero-order valence-corrected chi connectivity index (χ0v) is 8.45. The number of hydrogen-bond donors (Lipinski definition) is 1. The molecule has 0 aromatic heterocycles. The highest BCUT2D eigenvalue weighted by Crippen LogP contribution is 2.36. The van der Waals surface area contributed by atoms with Crippen LogP contribution in [0, 0.1) is 0 Å². The largest absolute Gasteiger partial charge is 0.478 e. The Labute approximate surface area is 87.9 Å². The van der Waals surface area contributed by atoms with Gasteiger partial charge >= 0.3 is 5.97 Å². The summed E-state index contributed by atoms with van der Waals surface area (Å²) in [7, 11) is 0. The highest BCUT2D eigenvalue weighted by atomic mass is 79.9. The van der Waals surface area contributed by atoms with E-state index in [2.05, 4.69) is 15.9 Å².